The molecule has 3 fully saturated rings. The zero-order valence-corrected chi connectivity index (χ0v) is 34.2. The van der Waals surface area contributed by atoms with Gasteiger partial charge in [0.1, 0.15) is 30.0 Å². The normalized spacial score (nSPS) is 49.6. The average Bonchev–Trinajstić information content (AvgIpc) is 3.05. The third-order valence-corrected chi connectivity index (χ3v) is 12.2. The van der Waals surface area contributed by atoms with E-state index in [1.165, 1.54) is 14.0 Å². The molecular formula is C38H72N2O12. The van der Waals surface area contributed by atoms with E-state index in [9.17, 15) is 30.3 Å². The Morgan fingerprint density at radius 2 is 1.56 bits per heavy atom. The molecule has 0 aromatic carbocycles. The number of cyclic esters (lactones) is 1. The molecule has 52 heavy (non-hydrogen) atoms. The highest BCUT2D eigenvalue weighted by Crippen LogP contribution is 2.40. The summed E-state index contributed by atoms with van der Waals surface area (Å²) in [6.07, 6.45) is -8.19. The Labute approximate surface area is 312 Å². The number of methoxy groups -OCH3 is 1. The highest BCUT2D eigenvalue weighted by molar-refractivity contribution is 5.73. The molecule has 0 saturated carbocycles. The predicted octanol–water partition coefficient (Wildman–Crippen LogP) is 1.90. The molecule has 3 saturated heterocycles. The summed E-state index contributed by atoms with van der Waals surface area (Å²) in [4.78, 5) is 18.0. The van der Waals surface area contributed by atoms with Crippen molar-refractivity contribution in [3.8, 4) is 0 Å². The lowest BCUT2D eigenvalue weighted by molar-refractivity contribution is -0.318. The van der Waals surface area contributed by atoms with Gasteiger partial charge in [0, 0.05) is 38.1 Å². The van der Waals surface area contributed by atoms with Gasteiger partial charge in [-0.1, -0.05) is 20.8 Å². The molecule has 0 radical (unpaired) electrons. The number of aliphatic hydroxyl groups excluding tert-OH is 3. The van der Waals surface area contributed by atoms with Gasteiger partial charge in [-0.05, 0) is 94.8 Å². The van der Waals surface area contributed by atoms with Crippen LogP contribution in [0.3, 0.4) is 0 Å². The zero-order chi connectivity index (χ0) is 39.7. The Kier molecular flexibility index (Phi) is 15.6. The Balaban J connectivity index is 2.17. The van der Waals surface area contributed by atoms with Gasteiger partial charge in [0.2, 0.25) is 0 Å². The van der Waals surface area contributed by atoms with Crippen LogP contribution < -0.4 is 0 Å². The van der Waals surface area contributed by atoms with Crippen LogP contribution in [-0.4, -0.2) is 166 Å². The first kappa shape index (κ1) is 45.4. The maximum atomic E-state index is 14.2. The van der Waals surface area contributed by atoms with Crippen LogP contribution in [0.1, 0.15) is 94.9 Å². The number of ether oxygens (including phenoxy) is 6. The standard InChI is InChI=1S/C38H72N2O12/c1-15-27-38(10,46)31(42)24(6)40(13)19-20(2)17-36(8,45)33(52-35-29(41)26(39(11)12)16-21(3)48-35)22(4)30(23(5)34(44)50-27)51-28-18-37(9,47-14)32(43)25(7)49-28/h20-33,35,41-43,45-46H,15-19H2,1-14H3/t20?,21-,22?,23-,24-,25?,26+,27?,28?,29?,30?,31-,32+,33?,35?,36-,37-,38-/m1/s1. The van der Waals surface area contributed by atoms with Crippen molar-refractivity contribution in [1.82, 2.24) is 9.80 Å². The highest BCUT2D eigenvalue weighted by atomic mass is 16.7. The first-order valence-electron chi connectivity index (χ1n) is 19.1. The van der Waals surface area contributed by atoms with E-state index < -0.39 is 96.0 Å². The molecule has 5 N–H and O–H groups in total. The van der Waals surface area contributed by atoms with Crippen LogP contribution in [0.25, 0.3) is 0 Å². The maximum absolute atomic E-state index is 14.2. The first-order valence-corrected chi connectivity index (χ1v) is 19.1. The number of carbonyl (C=O) groups excluding carboxylic acids is 1. The Morgan fingerprint density at radius 1 is 0.942 bits per heavy atom. The van der Waals surface area contributed by atoms with E-state index >= 15 is 0 Å². The number of rotatable bonds is 7. The summed E-state index contributed by atoms with van der Waals surface area (Å²) < 4.78 is 37.5. The lowest BCUT2D eigenvalue weighted by atomic mass is 9.77. The van der Waals surface area contributed by atoms with Crippen molar-refractivity contribution in [3.63, 3.8) is 0 Å². The largest absolute Gasteiger partial charge is 0.459 e. The quantitative estimate of drug-likeness (QED) is 0.238. The molecule has 306 valence electrons. The van der Waals surface area contributed by atoms with Gasteiger partial charge in [0.25, 0.3) is 0 Å². The molecule has 3 rings (SSSR count). The molecular weight excluding hydrogens is 676 g/mol. The summed E-state index contributed by atoms with van der Waals surface area (Å²) in [5.41, 5.74) is -4.37. The molecule has 0 aromatic heterocycles. The molecule has 3 aliphatic heterocycles. The molecule has 3 heterocycles. The number of carbonyl (C=O) groups is 1. The Bertz CT molecular complexity index is 1140. The molecule has 14 nitrogen and oxygen atoms in total. The van der Waals surface area contributed by atoms with E-state index in [1.54, 1.807) is 41.5 Å². The van der Waals surface area contributed by atoms with Crippen molar-refractivity contribution in [2.45, 2.75) is 185 Å². The summed E-state index contributed by atoms with van der Waals surface area (Å²) >= 11 is 0. The summed E-state index contributed by atoms with van der Waals surface area (Å²) in [6.45, 7) is 18.0. The van der Waals surface area contributed by atoms with Crippen LogP contribution in [-0.2, 0) is 33.2 Å². The van der Waals surface area contributed by atoms with Gasteiger partial charge < -0.3 is 63.8 Å². The molecule has 18 atom stereocenters. The van der Waals surface area contributed by atoms with Crippen LogP contribution in [0, 0.1) is 17.8 Å². The molecule has 3 aliphatic rings. The number of likely N-dealkylation sites (N-methyl/N-ethyl adjacent to an activating group) is 2. The van der Waals surface area contributed by atoms with Crippen LogP contribution in [0.15, 0.2) is 0 Å². The molecule has 0 spiro atoms. The molecule has 9 unspecified atom stereocenters. The third kappa shape index (κ3) is 10.0. The van der Waals surface area contributed by atoms with E-state index in [1.807, 2.05) is 51.7 Å². The fourth-order valence-corrected chi connectivity index (χ4v) is 8.74. The van der Waals surface area contributed by atoms with Crippen molar-refractivity contribution in [2.75, 3.05) is 34.8 Å². The summed E-state index contributed by atoms with van der Waals surface area (Å²) in [5.74, 6) is -2.58. The van der Waals surface area contributed by atoms with Crippen molar-refractivity contribution in [3.05, 3.63) is 0 Å². The van der Waals surface area contributed by atoms with E-state index in [2.05, 4.69) is 0 Å². The SMILES string of the molecule is CCC1OC(=O)[C@H](C)C(OC2C[C@@](C)(OC)[C@@H](O)C(C)O2)C(C)C(OC2O[C@H](C)C[C@H](N(C)C)C2O)[C@](C)(O)CC(C)CN(C)[C@H](C)[C@@H](O)[C@]1(C)O. The molecule has 0 bridgehead atoms. The number of esters is 1. The van der Waals surface area contributed by atoms with Gasteiger partial charge in [0.15, 0.2) is 12.6 Å². The van der Waals surface area contributed by atoms with Crippen LogP contribution in [0.2, 0.25) is 0 Å². The smallest absolute Gasteiger partial charge is 0.311 e. The minimum atomic E-state index is -1.80. The van der Waals surface area contributed by atoms with Gasteiger partial charge in [-0.3, -0.25) is 4.79 Å². The van der Waals surface area contributed by atoms with Gasteiger partial charge in [0.05, 0.1) is 41.5 Å². The van der Waals surface area contributed by atoms with Crippen molar-refractivity contribution < 1.29 is 58.7 Å². The maximum Gasteiger partial charge on any atom is 0.311 e. The molecule has 14 heteroatoms. The topological polar surface area (TPSA) is 180 Å². The Morgan fingerprint density at radius 3 is 2.12 bits per heavy atom. The summed E-state index contributed by atoms with van der Waals surface area (Å²) in [6, 6.07) is -0.808. The lowest BCUT2D eigenvalue weighted by Crippen LogP contribution is -2.60. The van der Waals surface area contributed by atoms with E-state index in [-0.39, 0.29) is 37.3 Å². The van der Waals surface area contributed by atoms with Crippen LogP contribution in [0.5, 0.6) is 0 Å². The summed E-state index contributed by atoms with van der Waals surface area (Å²) in [7, 11) is 7.12. The Hall–Kier alpha value is -1.01. The van der Waals surface area contributed by atoms with Crippen molar-refractivity contribution >= 4 is 5.97 Å². The minimum Gasteiger partial charge on any atom is -0.459 e. The van der Waals surface area contributed by atoms with E-state index in [0.717, 1.165) is 0 Å². The molecule has 0 amide bonds. The van der Waals surface area contributed by atoms with Gasteiger partial charge >= 0.3 is 5.97 Å². The first-order chi connectivity index (χ1) is 23.9. The van der Waals surface area contributed by atoms with E-state index in [4.69, 9.17) is 28.4 Å². The van der Waals surface area contributed by atoms with Gasteiger partial charge in [-0.25, -0.2) is 0 Å². The molecule has 0 aromatic rings. The van der Waals surface area contributed by atoms with Gasteiger partial charge in [-0.15, -0.1) is 0 Å². The zero-order valence-electron chi connectivity index (χ0n) is 34.2. The second-order valence-electron chi connectivity index (χ2n) is 17.2. The van der Waals surface area contributed by atoms with Crippen LogP contribution in [0.4, 0.5) is 0 Å². The number of hydrogen-bond acceptors (Lipinski definition) is 14. The second kappa shape index (κ2) is 17.8. The van der Waals surface area contributed by atoms with E-state index in [0.29, 0.717) is 13.0 Å². The van der Waals surface area contributed by atoms with Gasteiger partial charge in [-0.2, -0.15) is 0 Å². The third-order valence-electron chi connectivity index (χ3n) is 12.2. The number of nitrogens with zero attached hydrogens (tertiary/aromatic N) is 2. The number of aliphatic hydroxyl groups is 5. The van der Waals surface area contributed by atoms with Crippen molar-refractivity contribution in [1.29, 1.82) is 0 Å². The predicted molar refractivity (Wildman–Crippen MR) is 194 cm³/mol. The highest BCUT2D eigenvalue weighted by Gasteiger charge is 2.52. The fourth-order valence-electron chi connectivity index (χ4n) is 8.74. The number of hydrogen-bond donors (Lipinski definition) is 5. The van der Waals surface area contributed by atoms with Crippen LogP contribution >= 0.6 is 0 Å². The lowest BCUT2D eigenvalue weighted by Gasteiger charge is -2.48. The molecule has 0 aliphatic carbocycles. The minimum absolute atomic E-state index is 0.133. The van der Waals surface area contributed by atoms with Crippen molar-refractivity contribution in [2.24, 2.45) is 17.8 Å². The fraction of sp³-hybridized carbons (Fsp3) is 0.974. The monoisotopic (exact) mass is 749 g/mol. The average molecular weight is 749 g/mol. The summed E-state index contributed by atoms with van der Waals surface area (Å²) in [5, 5.41) is 58.1. The second-order valence-corrected chi connectivity index (χ2v) is 17.2.